The number of anilines is 1. The molecule has 0 radical (unpaired) electrons. The van der Waals surface area contributed by atoms with Crippen molar-refractivity contribution in [3.05, 3.63) is 24.0 Å². The molecule has 20 heavy (non-hydrogen) atoms. The topological polar surface area (TPSA) is 78.9 Å². The van der Waals surface area contributed by atoms with Crippen molar-refractivity contribution in [2.75, 3.05) is 18.9 Å². The maximum atomic E-state index is 13.8. The summed E-state index contributed by atoms with van der Waals surface area (Å²) >= 11 is 0. The molecule has 3 rings (SSSR count). The molecule has 7 heteroatoms. The lowest BCUT2D eigenvalue weighted by molar-refractivity contribution is 0.114. The summed E-state index contributed by atoms with van der Waals surface area (Å²) < 4.78 is 20.9. The van der Waals surface area contributed by atoms with E-state index in [0.717, 1.165) is 12.5 Å². The molecule has 2 N–H and O–H groups in total. The van der Waals surface area contributed by atoms with E-state index < -0.39 is 5.82 Å². The molecular formula is C13H16FN5O. The first-order valence-corrected chi connectivity index (χ1v) is 6.63. The van der Waals surface area contributed by atoms with E-state index in [1.165, 1.54) is 35.7 Å². The van der Waals surface area contributed by atoms with Crippen LogP contribution in [-0.4, -0.2) is 33.4 Å². The van der Waals surface area contributed by atoms with Gasteiger partial charge in [-0.05, 0) is 47.4 Å². The van der Waals surface area contributed by atoms with E-state index in [0.29, 0.717) is 30.2 Å². The van der Waals surface area contributed by atoms with Gasteiger partial charge in [0, 0.05) is 12.3 Å². The highest BCUT2D eigenvalue weighted by molar-refractivity contribution is 5.61. The lowest BCUT2D eigenvalue weighted by Crippen LogP contribution is -2.11. The van der Waals surface area contributed by atoms with E-state index >= 15 is 0 Å². The van der Waals surface area contributed by atoms with E-state index in [9.17, 15) is 4.39 Å². The molecule has 0 amide bonds. The molecule has 106 valence electrons. The van der Waals surface area contributed by atoms with Crippen LogP contribution < -0.4 is 5.73 Å². The average molecular weight is 277 g/mol. The van der Waals surface area contributed by atoms with Crippen LogP contribution in [0, 0.1) is 11.7 Å². The summed E-state index contributed by atoms with van der Waals surface area (Å²) in [6.07, 6.45) is 2.51. The van der Waals surface area contributed by atoms with Gasteiger partial charge < -0.3 is 10.5 Å². The van der Waals surface area contributed by atoms with Crippen LogP contribution in [0.3, 0.4) is 0 Å². The highest BCUT2D eigenvalue weighted by Gasteiger charge is 2.21. The summed E-state index contributed by atoms with van der Waals surface area (Å²) in [4.78, 5) is 0. The predicted octanol–water partition coefficient (Wildman–Crippen LogP) is 1.49. The fourth-order valence-corrected chi connectivity index (χ4v) is 1.95. The van der Waals surface area contributed by atoms with E-state index in [1.807, 2.05) is 0 Å². The van der Waals surface area contributed by atoms with Gasteiger partial charge in [0.25, 0.3) is 0 Å². The third-order valence-electron chi connectivity index (χ3n) is 3.26. The molecule has 0 aliphatic heterocycles. The van der Waals surface area contributed by atoms with Crippen LogP contribution in [0.25, 0.3) is 11.4 Å². The van der Waals surface area contributed by atoms with E-state index in [2.05, 4.69) is 15.5 Å². The van der Waals surface area contributed by atoms with Crippen LogP contribution in [-0.2, 0) is 11.3 Å². The Morgan fingerprint density at radius 2 is 2.25 bits per heavy atom. The molecule has 1 aliphatic rings. The van der Waals surface area contributed by atoms with E-state index in [4.69, 9.17) is 10.5 Å². The first-order valence-electron chi connectivity index (χ1n) is 6.63. The van der Waals surface area contributed by atoms with Gasteiger partial charge in [-0.3, -0.25) is 0 Å². The SMILES string of the molecule is Nc1ccc(F)c(-c2nnnn2CCOCC2CC2)c1. The maximum Gasteiger partial charge on any atom is 0.185 e. The molecule has 1 aromatic heterocycles. The van der Waals surface area contributed by atoms with Gasteiger partial charge >= 0.3 is 0 Å². The normalized spacial score (nSPS) is 14.7. The standard InChI is InChI=1S/C13H16FN5O/c14-12-4-3-10(15)7-11(12)13-16-17-18-19(13)5-6-20-8-9-1-2-9/h3-4,7,9H,1-2,5-6,8,15H2. The number of nitrogens with zero attached hydrogens (tertiary/aromatic N) is 4. The van der Waals surface area contributed by atoms with Crippen molar-refractivity contribution >= 4 is 5.69 Å². The van der Waals surface area contributed by atoms with Crippen LogP contribution in [0.5, 0.6) is 0 Å². The lowest BCUT2D eigenvalue weighted by atomic mass is 10.2. The Balaban J connectivity index is 1.70. The quantitative estimate of drug-likeness (QED) is 0.639. The van der Waals surface area contributed by atoms with Crippen molar-refractivity contribution in [1.29, 1.82) is 0 Å². The molecule has 1 aliphatic carbocycles. The Labute approximate surface area is 115 Å². The monoisotopic (exact) mass is 277 g/mol. The zero-order valence-electron chi connectivity index (χ0n) is 11.0. The van der Waals surface area contributed by atoms with Gasteiger partial charge in [-0.2, -0.15) is 0 Å². The number of nitrogens with two attached hydrogens (primary N) is 1. The number of benzene rings is 1. The second-order valence-electron chi connectivity index (χ2n) is 4.98. The van der Waals surface area contributed by atoms with Gasteiger partial charge in [0.2, 0.25) is 0 Å². The Bertz CT molecular complexity index is 596. The van der Waals surface area contributed by atoms with Crippen LogP contribution in [0.4, 0.5) is 10.1 Å². The summed E-state index contributed by atoms with van der Waals surface area (Å²) in [6.45, 7) is 1.78. The maximum absolute atomic E-state index is 13.8. The van der Waals surface area contributed by atoms with Gasteiger partial charge in [0.1, 0.15) is 5.82 Å². The zero-order chi connectivity index (χ0) is 13.9. The van der Waals surface area contributed by atoms with Gasteiger partial charge in [-0.1, -0.05) is 0 Å². The van der Waals surface area contributed by atoms with Crippen LogP contribution in [0.15, 0.2) is 18.2 Å². The molecule has 0 bridgehead atoms. The summed E-state index contributed by atoms with van der Waals surface area (Å²) in [5.74, 6) is 0.689. The number of aromatic nitrogens is 4. The molecule has 1 heterocycles. The third kappa shape index (κ3) is 2.93. The Morgan fingerprint density at radius 3 is 3.05 bits per heavy atom. The predicted molar refractivity (Wildman–Crippen MR) is 71.2 cm³/mol. The molecule has 0 spiro atoms. The van der Waals surface area contributed by atoms with Gasteiger partial charge in [-0.15, -0.1) is 5.10 Å². The van der Waals surface area contributed by atoms with Crippen LogP contribution in [0.2, 0.25) is 0 Å². The number of rotatable bonds is 6. The van der Waals surface area contributed by atoms with Crippen molar-refractivity contribution in [3.8, 4) is 11.4 Å². The number of tetrazole rings is 1. The number of halogens is 1. The molecule has 1 fully saturated rings. The third-order valence-corrected chi connectivity index (χ3v) is 3.26. The molecule has 0 saturated heterocycles. The first kappa shape index (κ1) is 13.0. The van der Waals surface area contributed by atoms with Crippen molar-refractivity contribution in [3.63, 3.8) is 0 Å². The zero-order valence-corrected chi connectivity index (χ0v) is 11.0. The summed E-state index contributed by atoms with van der Waals surface area (Å²) in [7, 11) is 0. The minimum absolute atomic E-state index is 0.303. The molecule has 1 aromatic carbocycles. The number of hydrogen-bond donors (Lipinski definition) is 1. The fourth-order valence-electron chi connectivity index (χ4n) is 1.95. The molecule has 0 unspecified atom stereocenters. The summed E-state index contributed by atoms with van der Waals surface area (Å²) in [5.41, 5.74) is 6.45. The largest absolute Gasteiger partial charge is 0.399 e. The summed E-state index contributed by atoms with van der Waals surface area (Å²) in [5, 5.41) is 11.3. The molecule has 0 atom stereocenters. The Kier molecular flexibility index (Phi) is 3.60. The second kappa shape index (κ2) is 5.54. The van der Waals surface area contributed by atoms with Crippen LogP contribution >= 0.6 is 0 Å². The minimum Gasteiger partial charge on any atom is -0.399 e. The van der Waals surface area contributed by atoms with E-state index in [1.54, 1.807) is 0 Å². The Hall–Kier alpha value is -2.02. The molecule has 1 saturated carbocycles. The van der Waals surface area contributed by atoms with Gasteiger partial charge in [0.15, 0.2) is 5.82 Å². The molecule has 6 nitrogen and oxygen atoms in total. The van der Waals surface area contributed by atoms with Crippen molar-refractivity contribution in [1.82, 2.24) is 20.2 Å². The number of nitrogen functional groups attached to an aromatic ring is 1. The smallest absolute Gasteiger partial charge is 0.185 e. The van der Waals surface area contributed by atoms with Gasteiger partial charge in [-0.25, -0.2) is 9.07 Å². The number of hydrogen-bond acceptors (Lipinski definition) is 5. The molecular weight excluding hydrogens is 261 g/mol. The van der Waals surface area contributed by atoms with Gasteiger partial charge in [0.05, 0.1) is 18.7 Å². The van der Waals surface area contributed by atoms with Crippen molar-refractivity contribution < 1.29 is 9.13 Å². The lowest BCUT2D eigenvalue weighted by Gasteiger charge is -2.07. The highest BCUT2D eigenvalue weighted by atomic mass is 19.1. The van der Waals surface area contributed by atoms with Crippen LogP contribution in [0.1, 0.15) is 12.8 Å². The minimum atomic E-state index is -0.394. The highest BCUT2D eigenvalue weighted by Crippen LogP contribution is 2.28. The van der Waals surface area contributed by atoms with Crippen molar-refractivity contribution in [2.45, 2.75) is 19.4 Å². The second-order valence-corrected chi connectivity index (χ2v) is 4.98. The molecule has 2 aromatic rings. The first-order chi connectivity index (χ1) is 9.74. The van der Waals surface area contributed by atoms with Crippen molar-refractivity contribution in [2.24, 2.45) is 5.92 Å². The Morgan fingerprint density at radius 1 is 1.40 bits per heavy atom. The summed E-state index contributed by atoms with van der Waals surface area (Å²) in [6, 6.07) is 4.35. The number of ether oxygens (including phenoxy) is 1. The van der Waals surface area contributed by atoms with E-state index in [-0.39, 0.29) is 0 Å². The average Bonchev–Trinajstić information content (AvgIpc) is 3.15. The fraction of sp³-hybridized carbons (Fsp3) is 0.462.